The first-order chi connectivity index (χ1) is 8.99. The lowest BCUT2D eigenvalue weighted by molar-refractivity contribution is -0.145. The Hall–Kier alpha value is -2.18. The summed E-state index contributed by atoms with van der Waals surface area (Å²) in [7, 11) is 0. The van der Waals surface area contributed by atoms with Crippen molar-refractivity contribution in [1.29, 1.82) is 0 Å². The largest absolute Gasteiger partial charge is 0.481 e. The summed E-state index contributed by atoms with van der Waals surface area (Å²) in [5, 5.41) is 11.5. The Bertz CT molecular complexity index is 489. The van der Waals surface area contributed by atoms with Gasteiger partial charge in [-0.2, -0.15) is 8.78 Å². The zero-order chi connectivity index (χ0) is 14.0. The third kappa shape index (κ3) is 2.81. The van der Waals surface area contributed by atoms with E-state index in [4.69, 9.17) is 5.11 Å². The summed E-state index contributed by atoms with van der Waals surface area (Å²) >= 11 is 0. The number of halogens is 2. The minimum Gasteiger partial charge on any atom is -0.481 e. The summed E-state index contributed by atoms with van der Waals surface area (Å²) in [6.07, 6.45) is 0. The van der Waals surface area contributed by atoms with Crippen LogP contribution in [-0.2, 0) is 9.59 Å². The van der Waals surface area contributed by atoms with Crippen LogP contribution in [0.3, 0.4) is 0 Å². The Morgan fingerprint density at radius 3 is 2.53 bits per heavy atom. The van der Waals surface area contributed by atoms with Gasteiger partial charge in [0, 0.05) is 12.5 Å². The average molecular weight is 271 g/mol. The molecule has 5 nitrogen and oxygen atoms in total. The van der Waals surface area contributed by atoms with Crippen LogP contribution in [-0.4, -0.2) is 30.1 Å². The number of benzene rings is 1. The molecule has 1 saturated heterocycles. The van der Waals surface area contributed by atoms with Gasteiger partial charge in [-0.3, -0.25) is 9.59 Å². The smallest absolute Gasteiger partial charge is 0.387 e. The molecular weight excluding hydrogens is 260 g/mol. The number of carboxylic acid groups (broad SMARTS) is 1. The van der Waals surface area contributed by atoms with Crippen LogP contribution >= 0.6 is 0 Å². The molecule has 0 aliphatic carbocycles. The van der Waals surface area contributed by atoms with E-state index in [9.17, 15) is 18.4 Å². The molecule has 1 amide bonds. The van der Waals surface area contributed by atoms with Crippen LogP contribution in [0.15, 0.2) is 24.3 Å². The molecule has 19 heavy (non-hydrogen) atoms. The number of hydrogen-bond acceptors (Lipinski definition) is 3. The van der Waals surface area contributed by atoms with Gasteiger partial charge in [0.05, 0.1) is 0 Å². The van der Waals surface area contributed by atoms with Gasteiger partial charge in [-0.1, -0.05) is 12.1 Å². The van der Waals surface area contributed by atoms with Crippen molar-refractivity contribution in [3.05, 3.63) is 29.8 Å². The lowest BCUT2D eigenvalue weighted by Crippen LogP contribution is -2.26. The van der Waals surface area contributed by atoms with Gasteiger partial charge >= 0.3 is 12.6 Å². The lowest BCUT2D eigenvalue weighted by Gasteiger charge is -2.14. The van der Waals surface area contributed by atoms with Crippen LogP contribution in [0, 0.1) is 5.92 Å². The highest BCUT2D eigenvalue weighted by Gasteiger charge is 2.41. The van der Waals surface area contributed by atoms with Gasteiger partial charge in [0.25, 0.3) is 0 Å². The predicted octanol–water partition coefficient (Wildman–Crippen LogP) is 1.20. The number of ether oxygens (including phenoxy) is 1. The number of carbonyl (C=O) groups is 2. The highest BCUT2D eigenvalue weighted by atomic mass is 19.3. The molecule has 0 saturated carbocycles. The second kappa shape index (κ2) is 5.21. The van der Waals surface area contributed by atoms with Crippen LogP contribution in [0.25, 0.3) is 0 Å². The topological polar surface area (TPSA) is 75.6 Å². The van der Waals surface area contributed by atoms with E-state index >= 15 is 0 Å². The standard InChI is InChI=1S/C12H11F2NO4/c13-12(14)19-7-3-1-6(2-4-7)8-5-15-10(16)9(8)11(17)18/h1-4,8-9,12H,5H2,(H,15,16)(H,17,18). The maximum Gasteiger partial charge on any atom is 0.387 e. The average Bonchev–Trinajstić information content (AvgIpc) is 2.71. The molecule has 0 spiro atoms. The van der Waals surface area contributed by atoms with Gasteiger partial charge in [0.15, 0.2) is 0 Å². The second-order valence-electron chi connectivity index (χ2n) is 4.12. The SMILES string of the molecule is O=C(O)C1C(=O)NCC1c1ccc(OC(F)F)cc1. The van der Waals surface area contributed by atoms with Crippen LogP contribution in [0.4, 0.5) is 8.78 Å². The van der Waals surface area contributed by atoms with Gasteiger partial charge in [0.1, 0.15) is 11.7 Å². The number of alkyl halides is 2. The van der Waals surface area contributed by atoms with Crippen molar-refractivity contribution in [2.75, 3.05) is 6.54 Å². The highest BCUT2D eigenvalue weighted by molar-refractivity contribution is 5.99. The van der Waals surface area contributed by atoms with Crippen molar-refractivity contribution in [2.45, 2.75) is 12.5 Å². The molecule has 1 heterocycles. The number of carboxylic acids is 1. The first kappa shape index (κ1) is 13.3. The van der Waals surface area contributed by atoms with Gasteiger partial charge in [-0.05, 0) is 17.7 Å². The maximum absolute atomic E-state index is 12.0. The molecule has 1 aromatic carbocycles. The molecule has 1 aliphatic heterocycles. The molecule has 2 atom stereocenters. The molecule has 2 rings (SSSR count). The van der Waals surface area contributed by atoms with Crippen molar-refractivity contribution < 1.29 is 28.2 Å². The molecule has 1 fully saturated rings. The quantitative estimate of drug-likeness (QED) is 0.807. The molecule has 2 unspecified atom stereocenters. The maximum atomic E-state index is 12.0. The molecule has 7 heteroatoms. The van der Waals surface area contributed by atoms with Gasteiger partial charge in [-0.25, -0.2) is 0 Å². The van der Waals surface area contributed by atoms with Crippen LogP contribution in [0.5, 0.6) is 5.75 Å². The Morgan fingerprint density at radius 1 is 1.37 bits per heavy atom. The van der Waals surface area contributed by atoms with Crippen molar-refractivity contribution in [1.82, 2.24) is 5.32 Å². The fourth-order valence-corrected chi connectivity index (χ4v) is 2.11. The Labute approximate surface area is 107 Å². The lowest BCUT2D eigenvalue weighted by atomic mass is 9.88. The summed E-state index contributed by atoms with van der Waals surface area (Å²) < 4.78 is 28.2. The molecule has 0 bridgehead atoms. The molecule has 0 radical (unpaired) electrons. The van der Waals surface area contributed by atoms with E-state index in [1.807, 2.05) is 0 Å². The van der Waals surface area contributed by atoms with Gasteiger partial charge < -0.3 is 15.2 Å². The van der Waals surface area contributed by atoms with Crippen LogP contribution in [0.1, 0.15) is 11.5 Å². The Morgan fingerprint density at radius 2 is 2.00 bits per heavy atom. The number of nitrogens with one attached hydrogen (secondary N) is 1. The minimum absolute atomic E-state index is 0.0112. The van der Waals surface area contributed by atoms with E-state index < -0.39 is 30.3 Å². The highest BCUT2D eigenvalue weighted by Crippen LogP contribution is 2.30. The number of hydrogen-bond donors (Lipinski definition) is 2. The van der Waals surface area contributed by atoms with Crippen molar-refractivity contribution in [2.24, 2.45) is 5.92 Å². The fourth-order valence-electron chi connectivity index (χ4n) is 2.11. The molecule has 1 aliphatic rings. The Kier molecular flexibility index (Phi) is 3.64. The summed E-state index contributed by atoms with van der Waals surface area (Å²) in [6.45, 7) is -2.70. The van der Waals surface area contributed by atoms with Crippen molar-refractivity contribution in [3.63, 3.8) is 0 Å². The second-order valence-corrected chi connectivity index (χ2v) is 4.12. The minimum atomic E-state index is -2.91. The first-order valence-corrected chi connectivity index (χ1v) is 5.54. The van der Waals surface area contributed by atoms with E-state index in [0.717, 1.165) is 0 Å². The summed E-state index contributed by atoms with van der Waals surface area (Å²) in [4.78, 5) is 22.4. The van der Waals surface area contributed by atoms with E-state index in [2.05, 4.69) is 10.1 Å². The predicted molar refractivity (Wildman–Crippen MR) is 60.0 cm³/mol. The van der Waals surface area contributed by atoms with E-state index in [0.29, 0.717) is 5.56 Å². The summed E-state index contributed by atoms with van der Waals surface area (Å²) in [5.41, 5.74) is 0.590. The normalized spacial score (nSPS) is 22.4. The number of carbonyl (C=O) groups excluding carboxylic acids is 1. The van der Waals surface area contributed by atoms with E-state index in [1.54, 1.807) is 0 Å². The third-order valence-electron chi connectivity index (χ3n) is 2.98. The van der Waals surface area contributed by atoms with Crippen LogP contribution in [0.2, 0.25) is 0 Å². The summed E-state index contributed by atoms with van der Waals surface area (Å²) in [5.74, 6) is -3.41. The van der Waals surface area contributed by atoms with Gasteiger partial charge in [0.2, 0.25) is 5.91 Å². The third-order valence-corrected chi connectivity index (χ3v) is 2.98. The fraction of sp³-hybridized carbons (Fsp3) is 0.333. The number of aliphatic carboxylic acids is 1. The van der Waals surface area contributed by atoms with Gasteiger partial charge in [-0.15, -0.1) is 0 Å². The zero-order valence-electron chi connectivity index (χ0n) is 9.68. The van der Waals surface area contributed by atoms with Crippen molar-refractivity contribution in [3.8, 4) is 5.75 Å². The summed E-state index contributed by atoms with van der Waals surface area (Å²) in [6, 6.07) is 5.61. The molecule has 0 aromatic heterocycles. The number of rotatable bonds is 4. The van der Waals surface area contributed by atoms with Crippen molar-refractivity contribution >= 4 is 11.9 Å². The van der Waals surface area contributed by atoms with E-state index in [1.165, 1.54) is 24.3 Å². The molecule has 1 aromatic rings. The first-order valence-electron chi connectivity index (χ1n) is 5.54. The molecular formula is C12H11F2NO4. The zero-order valence-corrected chi connectivity index (χ0v) is 9.68. The number of amides is 1. The van der Waals surface area contributed by atoms with Crippen LogP contribution < -0.4 is 10.1 Å². The van der Waals surface area contributed by atoms with E-state index in [-0.39, 0.29) is 12.3 Å². The molecule has 2 N–H and O–H groups in total. The molecule has 102 valence electrons. The Balaban J connectivity index is 2.18. The monoisotopic (exact) mass is 271 g/mol.